The number of carbonyl (C=O) groups excluding carboxylic acids is 4. The van der Waals surface area contributed by atoms with Gasteiger partial charge in [0.1, 0.15) is 30.1 Å². The quantitative estimate of drug-likeness (QED) is 0.380. The molecule has 0 radical (unpaired) electrons. The number of benzene rings is 1. The first-order chi connectivity index (χ1) is 23.2. The van der Waals surface area contributed by atoms with Gasteiger partial charge in [0.15, 0.2) is 0 Å². The molecule has 4 bridgehead atoms. The summed E-state index contributed by atoms with van der Waals surface area (Å²) < 4.78 is 39.2. The average molecular weight is 695 g/mol. The topological polar surface area (TPSA) is 186 Å². The van der Waals surface area contributed by atoms with E-state index in [9.17, 15) is 27.6 Å². The largest absolute Gasteiger partial charge is 0.472 e. The maximum atomic E-state index is 14.4. The Morgan fingerprint density at radius 1 is 1.18 bits per heavy atom. The van der Waals surface area contributed by atoms with Crippen LogP contribution in [0.3, 0.4) is 0 Å². The minimum atomic E-state index is -3.89. The summed E-state index contributed by atoms with van der Waals surface area (Å²) in [5.41, 5.74) is -0.798. The fourth-order valence-corrected chi connectivity index (χ4v) is 7.72. The van der Waals surface area contributed by atoms with Gasteiger partial charge in [-0.2, -0.15) is 0 Å². The zero-order chi connectivity index (χ0) is 35.1. The highest BCUT2D eigenvalue weighted by Crippen LogP contribution is 2.45. The number of rotatable bonds is 6. The van der Waals surface area contributed by atoms with Crippen LogP contribution in [0.1, 0.15) is 64.9 Å². The van der Waals surface area contributed by atoms with Crippen molar-refractivity contribution in [2.24, 2.45) is 11.3 Å². The van der Waals surface area contributed by atoms with Crippen molar-refractivity contribution in [3.05, 3.63) is 48.8 Å². The van der Waals surface area contributed by atoms with Crippen molar-refractivity contribution in [3.63, 3.8) is 0 Å². The summed E-state index contributed by atoms with van der Waals surface area (Å²) in [5.74, 6) is -2.28. The Morgan fingerprint density at radius 2 is 1.96 bits per heavy atom. The van der Waals surface area contributed by atoms with E-state index in [2.05, 4.69) is 31.9 Å². The number of hydrogen-bond donors (Lipinski definition) is 3. The van der Waals surface area contributed by atoms with Crippen molar-refractivity contribution in [1.29, 1.82) is 0 Å². The van der Waals surface area contributed by atoms with E-state index in [1.165, 1.54) is 17.3 Å². The number of fused-ring (bicyclic) bond motifs is 3. The van der Waals surface area contributed by atoms with Gasteiger partial charge in [0.2, 0.25) is 27.7 Å². The molecule has 0 spiro atoms. The SMILES string of the molecule is C=C[C@@H]1CC1(NC(=O)[C@@H]1C[C@@H]2CN1C(=O)[C@H](C(C)(C)C)NC(=O)OCCC/C=C/c1ccc3ncnc(c3c1)O2)C(=O)NS(=O)(=O)C1CC1. The summed E-state index contributed by atoms with van der Waals surface area (Å²) in [6, 6.07) is 3.44. The molecule has 4 amide bonds. The average Bonchev–Trinajstić information content (AvgIpc) is 3.97. The molecule has 1 aromatic heterocycles. The number of ether oxygens (including phenoxy) is 2. The molecular weight excluding hydrogens is 652 g/mol. The molecular formula is C34H42N6O8S. The lowest BCUT2D eigenvalue weighted by Gasteiger charge is -2.35. The number of hydrogen-bond acceptors (Lipinski definition) is 10. The lowest BCUT2D eigenvalue weighted by atomic mass is 9.85. The first-order valence-electron chi connectivity index (χ1n) is 16.5. The number of sulfonamides is 1. The van der Waals surface area contributed by atoms with Crippen LogP contribution in [0.15, 0.2) is 43.3 Å². The second kappa shape index (κ2) is 13.1. The zero-order valence-electron chi connectivity index (χ0n) is 27.8. The lowest BCUT2D eigenvalue weighted by Crippen LogP contribution is -2.60. The number of cyclic esters (lactones) is 1. The molecule has 3 heterocycles. The van der Waals surface area contributed by atoms with E-state index in [1.54, 1.807) is 20.8 Å². The Hall–Kier alpha value is -4.53. The number of amides is 4. The Kier molecular flexibility index (Phi) is 9.15. The van der Waals surface area contributed by atoms with Crippen molar-refractivity contribution in [1.82, 2.24) is 30.2 Å². The van der Waals surface area contributed by atoms with Gasteiger partial charge < -0.3 is 25.0 Å². The molecule has 1 saturated heterocycles. The van der Waals surface area contributed by atoms with Crippen molar-refractivity contribution in [2.75, 3.05) is 13.2 Å². The molecule has 262 valence electrons. The van der Waals surface area contributed by atoms with Crippen LogP contribution in [0.5, 0.6) is 5.88 Å². The van der Waals surface area contributed by atoms with Gasteiger partial charge >= 0.3 is 6.09 Å². The smallest absolute Gasteiger partial charge is 0.407 e. The number of nitrogens with one attached hydrogen (secondary N) is 3. The number of allylic oxidation sites excluding steroid dienone is 1. The van der Waals surface area contributed by atoms with E-state index in [-0.39, 0.29) is 31.9 Å². The van der Waals surface area contributed by atoms with E-state index >= 15 is 0 Å². The minimum absolute atomic E-state index is 0.0286. The third kappa shape index (κ3) is 7.26. The van der Waals surface area contributed by atoms with Crippen LogP contribution in [-0.4, -0.2) is 89.2 Å². The van der Waals surface area contributed by atoms with E-state index in [0.717, 1.165) is 5.56 Å². The second-order valence-corrected chi connectivity index (χ2v) is 16.2. The Balaban J connectivity index is 1.33. The highest BCUT2D eigenvalue weighted by molar-refractivity contribution is 7.91. The summed E-state index contributed by atoms with van der Waals surface area (Å²) >= 11 is 0. The van der Waals surface area contributed by atoms with E-state index in [1.807, 2.05) is 30.4 Å². The van der Waals surface area contributed by atoms with Crippen molar-refractivity contribution < 1.29 is 37.1 Å². The van der Waals surface area contributed by atoms with Crippen LogP contribution in [0.2, 0.25) is 0 Å². The van der Waals surface area contributed by atoms with Gasteiger partial charge in [-0.05, 0) is 55.2 Å². The van der Waals surface area contributed by atoms with E-state index in [4.69, 9.17) is 9.47 Å². The highest BCUT2D eigenvalue weighted by Gasteiger charge is 2.62. The standard InChI is InChI=1S/C34H42N6O8S/c1-5-21-17-34(21,31(43)39-49(45,46)23-11-12-23)38-28(41)26-16-22-18-40(26)30(42)27(33(2,3)4)37-32(44)47-14-8-6-7-9-20-10-13-25-24(15-20)29(48-22)36-19-35-25/h5,7,9-10,13,15,19,21-23,26-27H,1,6,8,11-12,14,16-18H2,2-4H3,(H,37,44)(H,38,41)(H,39,43)/b9-7+/t21-,22-,26+,27-,34?/m1/s1. The third-order valence-corrected chi connectivity index (χ3v) is 11.3. The first kappa shape index (κ1) is 34.3. The van der Waals surface area contributed by atoms with Gasteiger partial charge in [-0.3, -0.25) is 19.1 Å². The normalized spacial score (nSPS) is 28.3. The van der Waals surface area contributed by atoms with Gasteiger partial charge in [-0.25, -0.2) is 23.2 Å². The molecule has 2 aromatic rings. The van der Waals surface area contributed by atoms with Crippen molar-refractivity contribution in [3.8, 4) is 5.88 Å². The van der Waals surface area contributed by atoms with Gasteiger partial charge in [0.25, 0.3) is 5.91 Å². The van der Waals surface area contributed by atoms with Crippen LogP contribution in [0.25, 0.3) is 17.0 Å². The third-order valence-electron chi connectivity index (χ3n) is 9.43. The predicted octanol–water partition coefficient (Wildman–Crippen LogP) is 2.60. The molecule has 14 nitrogen and oxygen atoms in total. The molecule has 5 atom stereocenters. The molecule has 2 aliphatic heterocycles. The molecule has 4 aliphatic rings. The van der Waals surface area contributed by atoms with Crippen LogP contribution in [-0.2, 0) is 29.1 Å². The monoisotopic (exact) mass is 694 g/mol. The minimum Gasteiger partial charge on any atom is -0.472 e. The second-order valence-electron chi connectivity index (χ2n) is 14.2. The Morgan fingerprint density at radius 3 is 2.65 bits per heavy atom. The number of nitrogens with zero attached hydrogens (tertiary/aromatic N) is 3. The number of aromatic nitrogens is 2. The molecule has 3 N–H and O–H groups in total. The summed E-state index contributed by atoms with van der Waals surface area (Å²) in [6.45, 7) is 9.21. The summed E-state index contributed by atoms with van der Waals surface area (Å²) in [6.07, 6.45) is 7.63. The molecule has 6 rings (SSSR count). The van der Waals surface area contributed by atoms with Crippen molar-refractivity contribution in [2.45, 2.75) is 88.3 Å². The van der Waals surface area contributed by atoms with Gasteiger partial charge in [0, 0.05) is 12.3 Å². The van der Waals surface area contributed by atoms with Gasteiger partial charge in [-0.1, -0.05) is 45.1 Å². The van der Waals surface area contributed by atoms with Crippen LogP contribution in [0.4, 0.5) is 4.79 Å². The summed E-state index contributed by atoms with van der Waals surface area (Å²) in [4.78, 5) is 64.9. The fourth-order valence-electron chi connectivity index (χ4n) is 6.36. The summed E-state index contributed by atoms with van der Waals surface area (Å²) in [5, 5.41) is 5.50. The van der Waals surface area contributed by atoms with Gasteiger partial charge in [-0.15, -0.1) is 6.58 Å². The van der Waals surface area contributed by atoms with E-state index in [0.29, 0.717) is 36.6 Å². The lowest BCUT2D eigenvalue weighted by molar-refractivity contribution is -0.142. The number of alkyl carbamates (subject to hydrolysis) is 1. The number of carbonyl (C=O) groups is 4. The molecule has 2 aliphatic carbocycles. The predicted molar refractivity (Wildman–Crippen MR) is 179 cm³/mol. The molecule has 3 fully saturated rings. The molecule has 49 heavy (non-hydrogen) atoms. The molecule has 15 heteroatoms. The first-order valence-corrected chi connectivity index (χ1v) is 18.1. The van der Waals surface area contributed by atoms with Gasteiger partial charge in [0.05, 0.1) is 29.3 Å². The van der Waals surface area contributed by atoms with E-state index < -0.39 is 74.1 Å². The Labute approximate surface area is 285 Å². The molecule has 2 saturated carbocycles. The maximum Gasteiger partial charge on any atom is 0.407 e. The molecule has 1 aromatic carbocycles. The fraction of sp³-hybridized carbons (Fsp3) is 0.529. The van der Waals surface area contributed by atoms with Crippen LogP contribution in [0, 0.1) is 11.3 Å². The molecule has 1 unspecified atom stereocenters. The zero-order valence-corrected chi connectivity index (χ0v) is 28.6. The summed E-state index contributed by atoms with van der Waals surface area (Å²) in [7, 11) is -3.89. The maximum absolute atomic E-state index is 14.4. The van der Waals surface area contributed by atoms with Crippen molar-refractivity contribution >= 4 is 50.8 Å². The Bertz CT molecular complexity index is 1820. The van der Waals surface area contributed by atoms with Crippen LogP contribution < -0.4 is 20.1 Å². The highest BCUT2D eigenvalue weighted by atomic mass is 32.2. The van der Waals surface area contributed by atoms with Crippen LogP contribution >= 0.6 is 0 Å².